The highest BCUT2D eigenvalue weighted by Crippen LogP contribution is 2.39. The third-order valence-corrected chi connectivity index (χ3v) is 5.05. The van der Waals surface area contributed by atoms with Crippen LogP contribution >= 0.6 is 0 Å². The van der Waals surface area contributed by atoms with Crippen molar-refractivity contribution in [1.29, 1.82) is 0 Å². The lowest BCUT2D eigenvalue weighted by atomic mass is 10.1. The summed E-state index contributed by atoms with van der Waals surface area (Å²) in [5.41, 5.74) is 3.12. The van der Waals surface area contributed by atoms with Crippen LogP contribution in [0.2, 0.25) is 0 Å². The van der Waals surface area contributed by atoms with Gasteiger partial charge < -0.3 is 18.9 Å². The van der Waals surface area contributed by atoms with Gasteiger partial charge in [0.1, 0.15) is 11.5 Å². The summed E-state index contributed by atoms with van der Waals surface area (Å²) in [5, 5.41) is 1.06. The van der Waals surface area contributed by atoms with Gasteiger partial charge in [0.25, 0.3) is 0 Å². The van der Waals surface area contributed by atoms with Gasteiger partial charge >= 0.3 is 6.09 Å². The smallest absolute Gasteiger partial charge is 0.414 e. The van der Waals surface area contributed by atoms with Gasteiger partial charge in [-0.15, -0.1) is 0 Å². The van der Waals surface area contributed by atoms with Gasteiger partial charge in [-0.1, -0.05) is 18.2 Å². The molecule has 0 spiro atoms. The van der Waals surface area contributed by atoms with E-state index in [1.807, 2.05) is 24.4 Å². The number of hydrogen-bond acceptors (Lipinski definition) is 4. The number of ether oxygens (including phenoxy) is 2. The Labute approximate surface area is 168 Å². The molecule has 0 bridgehead atoms. The molecule has 4 rings (SSSR count). The number of amides is 1. The number of carbonyl (C=O) groups is 2. The van der Waals surface area contributed by atoms with E-state index < -0.39 is 6.09 Å². The number of Topliss-reactive ketones (excluding diaryl/α,β-unsaturated/α-hetero) is 1. The number of para-hydroxylation sites is 1. The molecule has 0 atom stereocenters. The first-order chi connectivity index (χ1) is 13.9. The third kappa shape index (κ3) is 3.16. The summed E-state index contributed by atoms with van der Waals surface area (Å²) >= 11 is 0. The Morgan fingerprint density at radius 3 is 2.69 bits per heavy atom. The molecule has 2 heterocycles. The molecule has 1 aliphatic rings. The predicted molar refractivity (Wildman–Crippen MR) is 111 cm³/mol. The van der Waals surface area contributed by atoms with Gasteiger partial charge in [0.15, 0.2) is 5.76 Å². The molecule has 0 saturated carbocycles. The van der Waals surface area contributed by atoms with Crippen LogP contribution in [0.4, 0.5) is 4.79 Å². The lowest BCUT2D eigenvalue weighted by molar-refractivity contribution is 0.101. The maximum Gasteiger partial charge on any atom is 0.414 e. The van der Waals surface area contributed by atoms with E-state index in [0.717, 1.165) is 23.0 Å². The largest absolute Gasteiger partial charge is 0.452 e. The molecule has 0 aliphatic carbocycles. The average Bonchev–Trinajstić information content (AvgIpc) is 3.23. The number of rotatable bonds is 3. The number of carbonyl (C=O) groups excluding carboxylic acids is 2. The molecular weight excluding hydrogens is 368 g/mol. The Morgan fingerprint density at radius 1 is 1.21 bits per heavy atom. The van der Waals surface area contributed by atoms with E-state index in [0.29, 0.717) is 22.6 Å². The van der Waals surface area contributed by atoms with E-state index in [1.165, 1.54) is 4.90 Å². The Bertz CT molecular complexity index is 1170. The van der Waals surface area contributed by atoms with Crippen molar-refractivity contribution < 1.29 is 19.1 Å². The second-order valence-corrected chi connectivity index (χ2v) is 7.16. The summed E-state index contributed by atoms with van der Waals surface area (Å²) in [7, 11) is 3.22. The Kier molecular flexibility index (Phi) is 4.62. The molecule has 2 aromatic carbocycles. The highest BCUT2D eigenvalue weighted by molar-refractivity contribution is 6.15. The summed E-state index contributed by atoms with van der Waals surface area (Å²) in [6.45, 7) is 4.69. The molecule has 6 nitrogen and oxygen atoms in total. The van der Waals surface area contributed by atoms with Gasteiger partial charge in [0.05, 0.1) is 5.56 Å². The van der Waals surface area contributed by atoms with Crippen molar-refractivity contribution in [3.8, 4) is 11.5 Å². The molecule has 1 amide bonds. The maximum absolute atomic E-state index is 12.9. The van der Waals surface area contributed by atoms with Gasteiger partial charge in [0.2, 0.25) is 5.78 Å². The normalized spacial score (nSPS) is 14.2. The van der Waals surface area contributed by atoms with Gasteiger partial charge in [-0.05, 0) is 38.1 Å². The summed E-state index contributed by atoms with van der Waals surface area (Å²) in [5.74, 6) is 0.892. The van der Waals surface area contributed by atoms with Gasteiger partial charge in [-0.25, -0.2) is 4.79 Å². The number of aromatic nitrogens is 1. The number of benzene rings is 2. The monoisotopic (exact) mass is 390 g/mol. The lowest BCUT2D eigenvalue weighted by Gasteiger charge is -2.13. The van der Waals surface area contributed by atoms with Crippen molar-refractivity contribution in [2.45, 2.75) is 20.4 Å². The average molecular weight is 390 g/mol. The minimum atomic E-state index is -0.486. The molecule has 6 heteroatoms. The quantitative estimate of drug-likeness (QED) is 0.611. The third-order valence-electron chi connectivity index (χ3n) is 5.05. The number of ketones is 1. The molecule has 3 aromatic rings. The second-order valence-electron chi connectivity index (χ2n) is 7.16. The van der Waals surface area contributed by atoms with Gasteiger partial charge in [0, 0.05) is 48.9 Å². The Balaban J connectivity index is 1.72. The first kappa shape index (κ1) is 18.8. The molecule has 29 heavy (non-hydrogen) atoms. The predicted octanol–water partition coefficient (Wildman–Crippen LogP) is 4.65. The minimum absolute atomic E-state index is 0.179. The first-order valence-corrected chi connectivity index (χ1v) is 9.45. The lowest BCUT2D eigenvalue weighted by Crippen LogP contribution is -2.25. The van der Waals surface area contributed by atoms with Crippen molar-refractivity contribution in [2.24, 2.45) is 0 Å². The van der Waals surface area contributed by atoms with E-state index in [4.69, 9.17) is 9.47 Å². The van der Waals surface area contributed by atoms with E-state index in [9.17, 15) is 9.59 Å². The summed E-state index contributed by atoms with van der Waals surface area (Å²) in [6, 6.07) is 11.3. The van der Waals surface area contributed by atoms with Crippen molar-refractivity contribution in [1.82, 2.24) is 9.47 Å². The van der Waals surface area contributed by atoms with Crippen LogP contribution in [-0.4, -0.2) is 35.4 Å². The zero-order valence-electron chi connectivity index (χ0n) is 16.9. The second kappa shape index (κ2) is 7.13. The van der Waals surface area contributed by atoms with E-state index >= 15 is 0 Å². The first-order valence-electron chi connectivity index (χ1n) is 9.45. The zero-order valence-corrected chi connectivity index (χ0v) is 16.9. The van der Waals surface area contributed by atoms with Gasteiger partial charge in [-0.3, -0.25) is 4.79 Å². The van der Waals surface area contributed by atoms with Crippen LogP contribution in [0.15, 0.2) is 48.4 Å². The van der Waals surface area contributed by atoms with E-state index in [-0.39, 0.29) is 11.5 Å². The highest BCUT2D eigenvalue weighted by atomic mass is 16.6. The molecule has 0 N–H and O–H groups in total. The maximum atomic E-state index is 12.9. The summed E-state index contributed by atoms with van der Waals surface area (Å²) < 4.78 is 13.4. The highest BCUT2D eigenvalue weighted by Gasteiger charge is 2.31. The van der Waals surface area contributed by atoms with Gasteiger partial charge in [-0.2, -0.15) is 0 Å². The number of fused-ring (bicyclic) bond motifs is 2. The van der Waals surface area contributed by atoms with Crippen LogP contribution in [-0.2, 0) is 6.54 Å². The van der Waals surface area contributed by atoms with Crippen LogP contribution in [0.5, 0.6) is 11.5 Å². The van der Waals surface area contributed by atoms with Crippen LogP contribution in [0.3, 0.4) is 0 Å². The Morgan fingerprint density at radius 2 is 1.97 bits per heavy atom. The molecule has 0 radical (unpaired) electrons. The van der Waals surface area contributed by atoms with Crippen LogP contribution < -0.4 is 9.47 Å². The molecule has 0 saturated heterocycles. The minimum Gasteiger partial charge on any atom is -0.452 e. The van der Waals surface area contributed by atoms with Crippen molar-refractivity contribution in [3.63, 3.8) is 0 Å². The Hall–Kier alpha value is -3.54. The van der Waals surface area contributed by atoms with Crippen LogP contribution in [0.1, 0.15) is 28.4 Å². The van der Waals surface area contributed by atoms with Crippen LogP contribution in [0.25, 0.3) is 17.0 Å². The summed E-state index contributed by atoms with van der Waals surface area (Å²) in [4.78, 5) is 26.1. The van der Waals surface area contributed by atoms with Crippen molar-refractivity contribution in [3.05, 3.63) is 65.0 Å². The van der Waals surface area contributed by atoms with E-state index in [2.05, 4.69) is 17.6 Å². The van der Waals surface area contributed by atoms with Crippen molar-refractivity contribution in [2.75, 3.05) is 14.1 Å². The fourth-order valence-corrected chi connectivity index (χ4v) is 3.46. The summed E-state index contributed by atoms with van der Waals surface area (Å²) in [6.07, 6.45) is 3.32. The molecule has 1 aromatic heterocycles. The van der Waals surface area contributed by atoms with E-state index in [1.54, 1.807) is 39.2 Å². The SMILES string of the molecule is CCn1cc(/C=C2/Oc3c(ccc(OC(=O)N(C)C)c3C)C2=O)c2ccccc21. The molecule has 0 fully saturated rings. The fourth-order valence-electron chi connectivity index (χ4n) is 3.46. The number of nitrogens with zero attached hydrogens (tertiary/aromatic N) is 2. The van der Waals surface area contributed by atoms with Crippen LogP contribution in [0, 0.1) is 6.92 Å². The fraction of sp³-hybridized carbons (Fsp3) is 0.217. The molecule has 0 unspecified atom stereocenters. The zero-order chi connectivity index (χ0) is 20.7. The standard InChI is InChI=1S/C23H22N2O4/c1-5-25-13-15(16-8-6-7-9-18(16)25)12-20-21(26)17-10-11-19(14(2)22(17)28-20)29-23(27)24(3)4/h6-13H,5H2,1-4H3/b20-12+. The number of allylic oxidation sites excluding steroid dienone is 1. The van der Waals surface area contributed by atoms with Crippen molar-refractivity contribution >= 4 is 28.9 Å². The topological polar surface area (TPSA) is 60.8 Å². The molecular formula is C23H22N2O4. The number of aryl methyl sites for hydroxylation is 1. The molecule has 1 aliphatic heterocycles. The number of hydrogen-bond donors (Lipinski definition) is 0. The molecule has 148 valence electrons.